The van der Waals surface area contributed by atoms with Crippen LogP contribution in [0.15, 0.2) is 24.3 Å². The van der Waals surface area contributed by atoms with Crippen molar-refractivity contribution in [1.82, 2.24) is 15.2 Å². The smallest absolute Gasteiger partial charge is 0.256 e. The lowest BCUT2D eigenvalue weighted by Crippen LogP contribution is -2.38. The third-order valence-corrected chi connectivity index (χ3v) is 3.07. The lowest BCUT2D eigenvalue weighted by molar-refractivity contribution is -0.133. The number of nitrogens with zero attached hydrogens (tertiary/aromatic N) is 2. The summed E-state index contributed by atoms with van der Waals surface area (Å²) < 4.78 is 5.17. The van der Waals surface area contributed by atoms with E-state index in [4.69, 9.17) is 4.74 Å². The average Bonchev–Trinajstić information content (AvgIpc) is 2.85. The van der Waals surface area contributed by atoms with Gasteiger partial charge in [-0.25, -0.2) is 4.98 Å². The van der Waals surface area contributed by atoms with Gasteiger partial charge < -0.3 is 10.1 Å². The van der Waals surface area contributed by atoms with Gasteiger partial charge in [-0.1, -0.05) is 12.1 Å². The van der Waals surface area contributed by atoms with Gasteiger partial charge in [-0.2, -0.15) is 5.10 Å². The Morgan fingerprint density at radius 2 is 2.05 bits per heavy atom. The summed E-state index contributed by atoms with van der Waals surface area (Å²) in [6.45, 7) is 5.25. The molecule has 1 aromatic carbocycles. The molecule has 1 heterocycles. The Hall–Kier alpha value is -2.21. The summed E-state index contributed by atoms with van der Waals surface area (Å²) in [5, 5.41) is 9.76. The van der Waals surface area contributed by atoms with Gasteiger partial charge in [-0.3, -0.25) is 9.89 Å². The summed E-state index contributed by atoms with van der Waals surface area (Å²) in [5.41, 5.74) is 0.515. The fourth-order valence-corrected chi connectivity index (χ4v) is 1.62. The first kappa shape index (κ1) is 14.2. The molecule has 1 amide bonds. The molecule has 0 radical (unpaired) electrons. The number of aromatic amines is 1. The maximum absolute atomic E-state index is 12.2. The van der Waals surface area contributed by atoms with E-state index >= 15 is 0 Å². The molecular formula is C14H18N4O2. The highest BCUT2D eigenvalue weighted by Crippen LogP contribution is 2.25. The average molecular weight is 274 g/mol. The van der Waals surface area contributed by atoms with Gasteiger partial charge in [-0.05, 0) is 32.9 Å². The first-order valence-electron chi connectivity index (χ1n) is 6.29. The Kier molecular flexibility index (Phi) is 3.85. The van der Waals surface area contributed by atoms with Gasteiger partial charge in [-0.15, -0.1) is 0 Å². The van der Waals surface area contributed by atoms with Crippen LogP contribution in [0.1, 0.15) is 19.7 Å². The van der Waals surface area contributed by atoms with Crippen LogP contribution in [0, 0.1) is 6.92 Å². The lowest BCUT2D eigenvalue weighted by atomic mass is 10.1. The number of aryl methyl sites for hydroxylation is 1. The molecule has 6 nitrogen and oxygen atoms in total. The number of carbonyl (C=O) groups excluding carboxylic acids is 1. The Bertz CT molecular complexity index is 619. The normalized spacial score (nSPS) is 11.4. The second-order valence-electron chi connectivity index (χ2n) is 4.96. The molecular weight excluding hydrogens is 256 g/mol. The van der Waals surface area contributed by atoms with Gasteiger partial charge in [0, 0.05) is 12.7 Å². The molecule has 0 aliphatic carbocycles. The van der Waals surface area contributed by atoms with E-state index in [1.54, 1.807) is 13.8 Å². The van der Waals surface area contributed by atoms with Crippen molar-refractivity contribution in [2.24, 2.45) is 0 Å². The highest BCUT2D eigenvalue weighted by atomic mass is 16.5. The van der Waals surface area contributed by atoms with Crippen molar-refractivity contribution in [1.29, 1.82) is 0 Å². The number of anilines is 1. The number of ether oxygens (including phenoxy) is 1. The van der Waals surface area contributed by atoms with Crippen LogP contribution >= 0.6 is 0 Å². The summed E-state index contributed by atoms with van der Waals surface area (Å²) >= 11 is 0. The van der Waals surface area contributed by atoms with Crippen LogP contribution in [0.5, 0.6) is 0 Å². The summed E-state index contributed by atoms with van der Waals surface area (Å²) in [4.78, 5) is 16.5. The molecule has 0 saturated carbocycles. The van der Waals surface area contributed by atoms with Gasteiger partial charge in [0.1, 0.15) is 11.4 Å². The largest absolute Gasteiger partial charge is 0.369 e. The number of para-hydroxylation sites is 1. The van der Waals surface area contributed by atoms with Crippen LogP contribution in [-0.2, 0) is 9.53 Å². The standard InChI is InChI=1S/C14H18N4O2/c1-9-15-12(18-17-9)10-7-5-6-8-11(10)16-13(19)14(2,3)20-4/h5-8H,1-4H3,(H,16,19)(H,15,17,18). The SMILES string of the molecule is COC(C)(C)C(=O)Nc1ccccc1-c1n[nH]c(C)n1. The zero-order valence-electron chi connectivity index (χ0n) is 12.0. The fourth-order valence-electron chi connectivity index (χ4n) is 1.62. The maximum atomic E-state index is 12.2. The molecule has 0 unspecified atom stereocenters. The molecule has 0 saturated heterocycles. The molecule has 106 valence electrons. The van der Waals surface area contributed by atoms with Crippen molar-refractivity contribution in [3.8, 4) is 11.4 Å². The van der Waals surface area contributed by atoms with Crippen LogP contribution in [0.3, 0.4) is 0 Å². The number of carbonyl (C=O) groups is 1. The van der Waals surface area contributed by atoms with E-state index in [-0.39, 0.29) is 5.91 Å². The summed E-state index contributed by atoms with van der Waals surface area (Å²) in [6, 6.07) is 7.39. The van der Waals surface area contributed by atoms with Gasteiger partial charge in [0.05, 0.1) is 5.69 Å². The van der Waals surface area contributed by atoms with Crippen LogP contribution in [0.25, 0.3) is 11.4 Å². The molecule has 0 spiro atoms. The van der Waals surface area contributed by atoms with Crippen LogP contribution in [-0.4, -0.2) is 33.8 Å². The third-order valence-electron chi connectivity index (χ3n) is 3.07. The minimum absolute atomic E-state index is 0.222. The molecule has 6 heteroatoms. The van der Waals surface area contributed by atoms with Crippen LogP contribution < -0.4 is 5.32 Å². The van der Waals surface area contributed by atoms with Gasteiger partial charge >= 0.3 is 0 Å². The first-order chi connectivity index (χ1) is 9.44. The van der Waals surface area contributed by atoms with Gasteiger partial charge in [0.25, 0.3) is 5.91 Å². The summed E-state index contributed by atoms with van der Waals surface area (Å²) in [5.74, 6) is 1.05. The van der Waals surface area contributed by atoms with E-state index in [1.807, 2.05) is 31.2 Å². The third kappa shape index (κ3) is 2.85. The molecule has 0 aliphatic heterocycles. The Balaban J connectivity index is 2.32. The number of hydrogen-bond acceptors (Lipinski definition) is 4. The maximum Gasteiger partial charge on any atom is 0.256 e. The summed E-state index contributed by atoms with van der Waals surface area (Å²) in [7, 11) is 1.50. The quantitative estimate of drug-likeness (QED) is 0.895. The van der Waals surface area contributed by atoms with Crippen LogP contribution in [0.2, 0.25) is 0 Å². The van der Waals surface area contributed by atoms with E-state index in [9.17, 15) is 4.79 Å². The van der Waals surface area contributed by atoms with Crippen molar-refractivity contribution >= 4 is 11.6 Å². The number of hydrogen-bond donors (Lipinski definition) is 2. The van der Waals surface area contributed by atoms with Crippen LogP contribution in [0.4, 0.5) is 5.69 Å². The van der Waals surface area contributed by atoms with Crippen molar-refractivity contribution in [3.05, 3.63) is 30.1 Å². The molecule has 1 aromatic heterocycles. The number of rotatable bonds is 4. The van der Waals surface area contributed by atoms with Crippen molar-refractivity contribution in [3.63, 3.8) is 0 Å². The predicted octanol–water partition coefficient (Wildman–Crippen LogP) is 2.14. The molecule has 2 rings (SSSR count). The molecule has 0 bridgehead atoms. The van der Waals surface area contributed by atoms with Crippen molar-refractivity contribution < 1.29 is 9.53 Å². The zero-order chi connectivity index (χ0) is 14.8. The number of benzene rings is 1. The number of methoxy groups -OCH3 is 1. The van der Waals surface area contributed by atoms with E-state index in [0.717, 1.165) is 11.4 Å². The molecule has 2 N–H and O–H groups in total. The molecule has 0 fully saturated rings. The minimum Gasteiger partial charge on any atom is -0.369 e. The second-order valence-corrected chi connectivity index (χ2v) is 4.96. The highest BCUT2D eigenvalue weighted by Gasteiger charge is 2.27. The highest BCUT2D eigenvalue weighted by molar-refractivity contribution is 5.99. The van der Waals surface area contributed by atoms with E-state index in [1.165, 1.54) is 7.11 Å². The predicted molar refractivity (Wildman–Crippen MR) is 76.3 cm³/mol. The molecule has 2 aromatic rings. The first-order valence-corrected chi connectivity index (χ1v) is 6.29. The van der Waals surface area contributed by atoms with E-state index in [2.05, 4.69) is 20.5 Å². The lowest BCUT2D eigenvalue weighted by Gasteiger charge is -2.22. The molecule has 20 heavy (non-hydrogen) atoms. The molecule has 0 atom stereocenters. The number of H-pyrrole nitrogens is 1. The van der Waals surface area contributed by atoms with Gasteiger partial charge in [0.2, 0.25) is 0 Å². The fraction of sp³-hybridized carbons (Fsp3) is 0.357. The number of nitrogens with one attached hydrogen (secondary N) is 2. The van der Waals surface area contributed by atoms with Crippen molar-refractivity contribution in [2.75, 3.05) is 12.4 Å². The van der Waals surface area contributed by atoms with Gasteiger partial charge in [0.15, 0.2) is 5.82 Å². The Labute approximate surface area is 117 Å². The monoisotopic (exact) mass is 274 g/mol. The van der Waals surface area contributed by atoms with E-state index < -0.39 is 5.60 Å². The summed E-state index contributed by atoms with van der Waals surface area (Å²) in [6.07, 6.45) is 0. The van der Waals surface area contributed by atoms with E-state index in [0.29, 0.717) is 11.5 Å². The second kappa shape index (κ2) is 5.42. The van der Waals surface area contributed by atoms with Crippen molar-refractivity contribution in [2.45, 2.75) is 26.4 Å². The molecule has 0 aliphatic rings. The topological polar surface area (TPSA) is 79.9 Å². The minimum atomic E-state index is -0.901. The zero-order valence-corrected chi connectivity index (χ0v) is 12.0. The Morgan fingerprint density at radius 1 is 1.35 bits per heavy atom. The number of amides is 1. The Morgan fingerprint density at radius 3 is 2.65 bits per heavy atom. The number of aromatic nitrogens is 3.